The number of rotatable bonds is 5. The zero-order valence-electron chi connectivity index (χ0n) is 10.9. The van der Waals surface area contributed by atoms with E-state index in [0.717, 1.165) is 15.8 Å². The number of nitrogens with zero attached hydrogens (tertiary/aromatic N) is 1. The first-order valence-corrected chi connectivity index (χ1v) is 7.03. The van der Waals surface area contributed by atoms with Crippen LogP contribution in [0.1, 0.15) is 6.92 Å². The molecule has 1 amide bonds. The molecule has 0 radical (unpaired) electrons. The molecule has 0 aliphatic heterocycles. The molecule has 1 heterocycles. The molecule has 2 aromatic rings. The maximum atomic E-state index is 11.1. The summed E-state index contributed by atoms with van der Waals surface area (Å²) in [6.07, 6.45) is 1.69. The van der Waals surface area contributed by atoms with Crippen molar-refractivity contribution >= 4 is 34.5 Å². The van der Waals surface area contributed by atoms with Crippen molar-refractivity contribution in [2.24, 2.45) is 0 Å². The van der Waals surface area contributed by atoms with E-state index in [2.05, 4.69) is 10.3 Å². The lowest BCUT2D eigenvalue weighted by molar-refractivity contribution is -0.140. The van der Waals surface area contributed by atoms with Crippen LogP contribution in [0.4, 0.5) is 0 Å². The highest BCUT2D eigenvalue weighted by atomic mass is 32.2. The molecular formula is C14H14N2O3S. The summed E-state index contributed by atoms with van der Waals surface area (Å²) in [5, 5.41) is 12.5. The van der Waals surface area contributed by atoms with Gasteiger partial charge in [-0.1, -0.05) is 18.2 Å². The molecule has 2 N–H and O–H groups in total. The molecular weight excluding hydrogens is 276 g/mol. The van der Waals surface area contributed by atoms with Gasteiger partial charge in [0.15, 0.2) is 0 Å². The van der Waals surface area contributed by atoms with Gasteiger partial charge in [-0.25, -0.2) is 4.79 Å². The molecule has 1 atom stereocenters. The zero-order valence-corrected chi connectivity index (χ0v) is 11.7. The monoisotopic (exact) mass is 290 g/mol. The first-order valence-electron chi connectivity index (χ1n) is 6.04. The van der Waals surface area contributed by atoms with Crippen LogP contribution in [0, 0.1) is 0 Å². The van der Waals surface area contributed by atoms with E-state index in [4.69, 9.17) is 5.11 Å². The van der Waals surface area contributed by atoms with Crippen molar-refractivity contribution in [1.29, 1.82) is 0 Å². The summed E-state index contributed by atoms with van der Waals surface area (Å²) in [5.41, 5.74) is 0.865. The summed E-state index contributed by atoms with van der Waals surface area (Å²) in [7, 11) is 0. The van der Waals surface area contributed by atoms with Crippen molar-refractivity contribution < 1.29 is 14.7 Å². The number of carboxylic acids is 1. The van der Waals surface area contributed by atoms with Gasteiger partial charge in [0.05, 0.1) is 5.52 Å². The number of carboxylic acid groups (broad SMARTS) is 1. The summed E-state index contributed by atoms with van der Waals surface area (Å²) >= 11 is 1.39. The van der Waals surface area contributed by atoms with E-state index in [9.17, 15) is 9.59 Å². The molecule has 0 fully saturated rings. The number of aromatic nitrogens is 1. The predicted molar refractivity (Wildman–Crippen MR) is 77.7 cm³/mol. The van der Waals surface area contributed by atoms with E-state index in [1.54, 1.807) is 6.20 Å². The van der Waals surface area contributed by atoms with Gasteiger partial charge in [-0.05, 0) is 12.1 Å². The Morgan fingerprint density at radius 3 is 2.80 bits per heavy atom. The van der Waals surface area contributed by atoms with Crippen LogP contribution in [0.15, 0.2) is 41.4 Å². The SMILES string of the molecule is CC(=O)NC(CSc1ccnc2ccccc12)C(=O)O. The average molecular weight is 290 g/mol. The van der Waals surface area contributed by atoms with E-state index in [1.165, 1.54) is 18.7 Å². The van der Waals surface area contributed by atoms with Crippen molar-refractivity contribution in [3.05, 3.63) is 36.5 Å². The van der Waals surface area contributed by atoms with E-state index < -0.39 is 12.0 Å². The van der Waals surface area contributed by atoms with Crippen LogP contribution in [0.3, 0.4) is 0 Å². The van der Waals surface area contributed by atoms with E-state index >= 15 is 0 Å². The van der Waals surface area contributed by atoms with Crippen molar-refractivity contribution in [1.82, 2.24) is 10.3 Å². The number of hydrogen-bond donors (Lipinski definition) is 2. The second kappa shape index (κ2) is 6.38. The highest BCUT2D eigenvalue weighted by Gasteiger charge is 2.18. The Kier molecular flexibility index (Phi) is 4.57. The Bertz CT molecular complexity index is 640. The second-order valence-corrected chi connectivity index (χ2v) is 5.29. The molecule has 5 nitrogen and oxygen atoms in total. The number of para-hydroxylation sites is 1. The molecule has 0 spiro atoms. The van der Waals surface area contributed by atoms with Crippen molar-refractivity contribution in [2.75, 3.05) is 5.75 Å². The van der Waals surface area contributed by atoms with Crippen LogP contribution in [0.25, 0.3) is 10.9 Å². The standard InChI is InChI=1S/C14H14N2O3S/c1-9(17)16-12(14(18)19)8-20-13-6-7-15-11-5-3-2-4-10(11)13/h2-7,12H,8H2,1H3,(H,16,17)(H,18,19). The Labute approximate surface area is 120 Å². The number of fused-ring (bicyclic) bond motifs is 1. The lowest BCUT2D eigenvalue weighted by Gasteiger charge is -2.13. The largest absolute Gasteiger partial charge is 0.480 e. The highest BCUT2D eigenvalue weighted by molar-refractivity contribution is 7.99. The van der Waals surface area contributed by atoms with Gasteiger partial charge >= 0.3 is 5.97 Å². The Balaban J connectivity index is 2.15. The Morgan fingerprint density at radius 1 is 1.35 bits per heavy atom. The van der Waals surface area contributed by atoms with Gasteiger partial charge in [-0.2, -0.15) is 0 Å². The molecule has 0 aliphatic carbocycles. The third kappa shape index (κ3) is 3.48. The first-order chi connectivity index (χ1) is 9.58. The van der Waals surface area contributed by atoms with Crippen molar-refractivity contribution in [2.45, 2.75) is 17.9 Å². The van der Waals surface area contributed by atoms with Crippen LogP contribution in [-0.4, -0.2) is 33.8 Å². The number of carbonyl (C=O) groups is 2. The topological polar surface area (TPSA) is 79.3 Å². The third-order valence-electron chi connectivity index (χ3n) is 2.69. The molecule has 0 saturated carbocycles. The summed E-state index contributed by atoms with van der Waals surface area (Å²) in [6.45, 7) is 1.31. The summed E-state index contributed by atoms with van der Waals surface area (Å²) < 4.78 is 0. The van der Waals surface area contributed by atoms with E-state index in [-0.39, 0.29) is 11.7 Å². The molecule has 0 saturated heterocycles. The number of aliphatic carboxylic acids is 1. The minimum atomic E-state index is -1.04. The molecule has 6 heteroatoms. The number of thioether (sulfide) groups is 1. The normalized spacial score (nSPS) is 12.1. The third-order valence-corrected chi connectivity index (χ3v) is 3.86. The fourth-order valence-corrected chi connectivity index (χ4v) is 2.85. The number of amides is 1. The van der Waals surface area contributed by atoms with Gasteiger partial charge in [0.25, 0.3) is 0 Å². The molecule has 0 aliphatic rings. The molecule has 0 bridgehead atoms. The Hall–Kier alpha value is -2.08. The molecule has 1 aromatic carbocycles. The number of hydrogen-bond acceptors (Lipinski definition) is 4. The van der Waals surface area contributed by atoms with Gasteiger partial charge in [-0.3, -0.25) is 9.78 Å². The predicted octanol–water partition coefficient (Wildman–Crippen LogP) is 1.92. The zero-order chi connectivity index (χ0) is 14.5. The molecule has 20 heavy (non-hydrogen) atoms. The van der Waals surface area contributed by atoms with Gasteiger partial charge < -0.3 is 10.4 Å². The van der Waals surface area contributed by atoms with Crippen LogP contribution < -0.4 is 5.32 Å². The van der Waals surface area contributed by atoms with Crippen molar-refractivity contribution in [3.8, 4) is 0 Å². The number of benzene rings is 1. The second-order valence-electron chi connectivity index (χ2n) is 4.23. The maximum Gasteiger partial charge on any atom is 0.327 e. The van der Waals surface area contributed by atoms with E-state index in [1.807, 2.05) is 30.3 Å². The fraction of sp³-hybridized carbons (Fsp3) is 0.214. The minimum Gasteiger partial charge on any atom is -0.480 e. The number of carbonyl (C=O) groups excluding carboxylic acids is 1. The minimum absolute atomic E-state index is 0.267. The van der Waals surface area contributed by atoms with Gasteiger partial charge in [-0.15, -0.1) is 11.8 Å². The number of pyridine rings is 1. The van der Waals surface area contributed by atoms with Gasteiger partial charge in [0.2, 0.25) is 5.91 Å². The van der Waals surface area contributed by atoms with Crippen molar-refractivity contribution in [3.63, 3.8) is 0 Å². The van der Waals surface area contributed by atoms with E-state index in [0.29, 0.717) is 0 Å². The van der Waals surface area contributed by atoms with Crippen LogP contribution >= 0.6 is 11.8 Å². The lowest BCUT2D eigenvalue weighted by Crippen LogP contribution is -2.41. The van der Waals surface area contributed by atoms with Gasteiger partial charge in [0.1, 0.15) is 6.04 Å². The maximum absolute atomic E-state index is 11.1. The van der Waals surface area contributed by atoms with Crippen LogP contribution in [0.5, 0.6) is 0 Å². The highest BCUT2D eigenvalue weighted by Crippen LogP contribution is 2.26. The van der Waals surface area contributed by atoms with Crippen LogP contribution in [-0.2, 0) is 9.59 Å². The summed E-state index contributed by atoms with van der Waals surface area (Å²) in [5.74, 6) is -1.12. The average Bonchev–Trinajstić information content (AvgIpc) is 2.42. The van der Waals surface area contributed by atoms with Gasteiger partial charge in [0, 0.05) is 29.2 Å². The molecule has 1 aromatic heterocycles. The number of nitrogens with one attached hydrogen (secondary N) is 1. The van der Waals surface area contributed by atoms with Crippen LogP contribution in [0.2, 0.25) is 0 Å². The Morgan fingerprint density at radius 2 is 2.10 bits per heavy atom. The first kappa shape index (κ1) is 14.3. The molecule has 2 rings (SSSR count). The quantitative estimate of drug-likeness (QED) is 0.822. The fourth-order valence-electron chi connectivity index (χ4n) is 1.79. The summed E-state index contributed by atoms with van der Waals surface area (Å²) in [4.78, 5) is 27.3. The molecule has 1 unspecified atom stereocenters. The smallest absolute Gasteiger partial charge is 0.327 e. The summed E-state index contributed by atoms with van der Waals surface area (Å²) in [6, 6.07) is 8.61. The molecule has 104 valence electrons. The lowest BCUT2D eigenvalue weighted by atomic mass is 10.2.